The monoisotopic (exact) mass is 306 g/mol. The second-order valence-corrected chi connectivity index (χ2v) is 8.32. The first-order chi connectivity index (χ1) is 10.00. The Morgan fingerprint density at radius 3 is 2.90 bits per heavy atom. The van der Waals surface area contributed by atoms with Gasteiger partial charge < -0.3 is 4.90 Å². The van der Waals surface area contributed by atoms with E-state index in [0.29, 0.717) is 18.2 Å². The second-order valence-electron chi connectivity index (χ2n) is 7.34. The van der Waals surface area contributed by atoms with Crippen LogP contribution < -0.4 is 4.90 Å². The first-order valence-electron chi connectivity index (χ1n) is 8.30. The van der Waals surface area contributed by atoms with Crippen LogP contribution >= 0.6 is 11.3 Å². The van der Waals surface area contributed by atoms with Crippen molar-refractivity contribution in [2.45, 2.75) is 71.8 Å². The Balaban J connectivity index is 1.88. The standard InChI is InChI=1S/C17H26N2OS/c1-4-7-12-8-5-6-9-19(12)16-18-13-10-17(2,3)11-14(20)15(13)21-16/h12H,4-11H2,1-3H3. The Bertz CT molecular complexity index is 533. The minimum absolute atomic E-state index is 0.0696. The normalized spacial score (nSPS) is 25.0. The average Bonchev–Trinajstić information content (AvgIpc) is 2.82. The highest BCUT2D eigenvalue weighted by atomic mass is 32.1. The highest BCUT2D eigenvalue weighted by Crippen LogP contribution is 2.40. The number of nitrogens with zero attached hydrogens (tertiary/aromatic N) is 2. The first kappa shape index (κ1) is 15.0. The molecule has 2 aliphatic rings. The number of aromatic nitrogens is 1. The van der Waals surface area contributed by atoms with E-state index in [0.717, 1.165) is 28.7 Å². The van der Waals surface area contributed by atoms with E-state index in [2.05, 4.69) is 25.7 Å². The summed E-state index contributed by atoms with van der Waals surface area (Å²) in [5.41, 5.74) is 1.12. The van der Waals surface area contributed by atoms with Gasteiger partial charge in [-0.3, -0.25) is 4.79 Å². The average molecular weight is 306 g/mol. The second kappa shape index (κ2) is 5.71. The number of Topliss-reactive ketones (excluding diaryl/α,β-unsaturated/α-hetero) is 1. The van der Waals surface area contributed by atoms with Crippen molar-refractivity contribution in [1.29, 1.82) is 0 Å². The number of carbonyl (C=O) groups excluding carboxylic acids is 1. The molecule has 0 N–H and O–H groups in total. The van der Waals surface area contributed by atoms with E-state index < -0.39 is 0 Å². The van der Waals surface area contributed by atoms with Crippen LogP contribution in [0.15, 0.2) is 0 Å². The van der Waals surface area contributed by atoms with Gasteiger partial charge in [-0.15, -0.1) is 0 Å². The summed E-state index contributed by atoms with van der Waals surface area (Å²) in [6.07, 6.45) is 7.93. The Labute approximate surface area is 131 Å². The lowest BCUT2D eigenvalue weighted by atomic mass is 9.78. The molecule has 4 heteroatoms. The smallest absolute Gasteiger partial charge is 0.186 e. The van der Waals surface area contributed by atoms with E-state index in [1.165, 1.54) is 32.1 Å². The summed E-state index contributed by atoms with van der Waals surface area (Å²) in [7, 11) is 0. The van der Waals surface area contributed by atoms with Gasteiger partial charge in [0.15, 0.2) is 10.9 Å². The third kappa shape index (κ3) is 3.01. The van der Waals surface area contributed by atoms with Gasteiger partial charge in [0, 0.05) is 19.0 Å². The lowest BCUT2D eigenvalue weighted by Crippen LogP contribution is -2.39. The van der Waals surface area contributed by atoms with Crippen molar-refractivity contribution < 1.29 is 4.79 Å². The van der Waals surface area contributed by atoms with Crippen LogP contribution in [0.4, 0.5) is 5.13 Å². The molecule has 1 fully saturated rings. The summed E-state index contributed by atoms with van der Waals surface area (Å²) in [6.45, 7) is 7.71. The maximum Gasteiger partial charge on any atom is 0.186 e. The summed E-state index contributed by atoms with van der Waals surface area (Å²) >= 11 is 1.65. The fourth-order valence-electron chi connectivity index (χ4n) is 3.72. The zero-order valence-corrected chi connectivity index (χ0v) is 14.3. The van der Waals surface area contributed by atoms with Crippen LogP contribution in [0.1, 0.15) is 74.7 Å². The molecule has 116 valence electrons. The highest BCUT2D eigenvalue weighted by molar-refractivity contribution is 7.17. The minimum Gasteiger partial charge on any atom is -0.345 e. The fourth-order valence-corrected chi connectivity index (χ4v) is 4.83. The van der Waals surface area contributed by atoms with Crippen molar-refractivity contribution >= 4 is 22.3 Å². The third-order valence-electron chi connectivity index (χ3n) is 4.72. The zero-order valence-electron chi connectivity index (χ0n) is 13.4. The van der Waals surface area contributed by atoms with E-state index in [4.69, 9.17) is 4.98 Å². The van der Waals surface area contributed by atoms with Crippen LogP contribution in [-0.4, -0.2) is 23.4 Å². The van der Waals surface area contributed by atoms with E-state index >= 15 is 0 Å². The van der Waals surface area contributed by atoms with Crippen LogP contribution in [0, 0.1) is 5.41 Å². The maximum absolute atomic E-state index is 12.4. The van der Waals surface area contributed by atoms with E-state index in [9.17, 15) is 4.79 Å². The molecular weight excluding hydrogens is 280 g/mol. The maximum atomic E-state index is 12.4. The van der Waals surface area contributed by atoms with Crippen molar-refractivity contribution in [2.24, 2.45) is 5.41 Å². The number of carbonyl (C=O) groups is 1. The number of anilines is 1. The molecule has 0 saturated carbocycles. The van der Waals surface area contributed by atoms with Crippen molar-refractivity contribution in [3.05, 3.63) is 10.6 Å². The van der Waals surface area contributed by atoms with Crippen LogP contribution in [0.2, 0.25) is 0 Å². The van der Waals surface area contributed by atoms with Crippen LogP contribution in [0.25, 0.3) is 0 Å². The molecule has 0 radical (unpaired) electrons. The molecule has 3 rings (SSSR count). The van der Waals surface area contributed by atoms with Gasteiger partial charge in [0.25, 0.3) is 0 Å². The van der Waals surface area contributed by atoms with Gasteiger partial charge in [-0.2, -0.15) is 0 Å². The predicted octanol–water partition coefficient (Wildman–Crippen LogP) is 4.46. The summed E-state index contributed by atoms with van der Waals surface area (Å²) in [5.74, 6) is 0.300. The van der Waals surface area contributed by atoms with Crippen molar-refractivity contribution in [2.75, 3.05) is 11.4 Å². The summed E-state index contributed by atoms with van der Waals surface area (Å²) in [4.78, 5) is 20.7. The number of ketones is 1. The third-order valence-corrected chi connectivity index (χ3v) is 5.89. The number of thiazole rings is 1. The number of hydrogen-bond acceptors (Lipinski definition) is 4. The van der Waals surface area contributed by atoms with Gasteiger partial charge in [-0.1, -0.05) is 38.5 Å². The molecule has 1 saturated heterocycles. The Kier molecular flexibility index (Phi) is 4.08. The SMILES string of the molecule is CCCC1CCCCN1c1nc2c(s1)C(=O)CC(C)(C)C2. The van der Waals surface area contributed by atoms with Gasteiger partial charge in [0.1, 0.15) is 0 Å². The summed E-state index contributed by atoms with van der Waals surface area (Å²) < 4.78 is 0. The van der Waals surface area contributed by atoms with E-state index in [1.54, 1.807) is 11.3 Å². The molecule has 1 aromatic rings. The van der Waals surface area contributed by atoms with Gasteiger partial charge in [0.05, 0.1) is 10.6 Å². The summed E-state index contributed by atoms with van der Waals surface area (Å²) in [5, 5.41) is 1.10. The van der Waals surface area contributed by atoms with Gasteiger partial charge in [-0.05, 0) is 37.5 Å². The van der Waals surface area contributed by atoms with Crippen molar-refractivity contribution in [3.8, 4) is 0 Å². The number of hydrogen-bond donors (Lipinski definition) is 0. The lowest BCUT2D eigenvalue weighted by molar-refractivity contribution is 0.0916. The van der Waals surface area contributed by atoms with Crippen LogP contribution in [0.3, 0.4) is 0 Å². The molecule has 0 amide bonds. The van der Waals surface area contributed by atoms with Gasteiger partial charge in [-0.25, -0.2) is 4.98 Å². The largest absolute Gasteiger partial charge is 0.345 e. The zero-order chi connectivity index (χ0) is 15.0. The van der Waals surface area contributed by atoms with Gasteiger partial charge >= 0.3 is 0 Å². The van der Waals surface area contributed by atoms with E-state index in [-0.39, 0.29) is 5.41 Å². The molecule has 0 spiro atoms. The molecule has 2 heterocycles. The number of fused-ring (bicyclic) bond motifs is 1. The predicted molar refractivity (Wildman–Crippen MR) is 88.4 cm³/mol. The first-order valence-corrected chi connectivity index (χ1v) is 9.11. The van der Waals surface area contributed by atoms with E-state index in [1.807, 2.05) is 0 Å². The highest BCUT2D eigenvalue weighted by Gasteiger charge is 2.35. The molecule has 0 bridgehead atoms. The molecule has 1 aliphatic carbocycles. The Morgan fingerprint density at radius 1 is 1.33 bits per heavy atom. The summed E-state index contributed by atoms with van der Waals surface area (Å²) in [6, 6.07) is 0.625. The molecule has 1 unspecified atom stereocenters. The number of piperidine rings is 1. The lowest BCUT2D eigenvalue weighted by Gasteiger charge is -2.35. The molecule has 1 atom stereocenters. The molecule has 1 aromatic heterocycles. The molecule has 1 aliphatic heterocycles. The quantitative estimate of drug-likeness (QED) is 0.826. The van der Waals surface area contributed by atoms with Crippen LogP contribution in [0.5, 0.6) is 0 Å². The topological polar surface area (TPSA) is 33.2 Å². The molecule has 3 nitrogen and oxygen atoms in total. The molecule has 21 heavy (non-hydrogen) atoms. The Hall–Kier alpha value is -0.900. The van der Waals surface area contributed by atoms with Crippen molar-refractivity contribution in [1.82, 2.24) is 4.98 Å². The molecule has 0 aromatic carbocycles. The van der Waals surface area contributed by atoms with Gasteiger partial charge in [0.2, 0.25) is 0 Å². The molecular formula is C17H26N2OS. The van der Waals surface area contributed by atoms with Crippen molar-refractivity contribution in [3.63, 3.8) is 0 Å². The van der Waals surface area contributed by atoms with Crippen LogP contribution in [-0.2, 0) is 6.42 Å². The fraction of sp³-hybridized carbons (Fsp3) is 0.765. The number of rotatable bonds is 3. The minimum atomic E-state index is 0.0696. The Morgan fingerprint density at radius 2 is 2.14 bits per heavy atom.